The summed E-state index contributed by atoms with van der Waals surface area (Å²) in [5.41, 5.74) is 6.44. The van der Waals surface area contributed by atoms with Crippen LogP contribution in [0.25, 0.3) is 0 Å². The third-order valence-electron chi connectivity index (χ3n) is 4.12. The molecule has 0 spiro atoms. The van der Waals surface area contributed by atoms with Crippen LogP contribution >= 0.6 is 0 Å². The lowest BCUT2D eigenvalue weighted by atomic mass is 9.78. The first-order valence-electron chi connectivity index (χ1n) is 6.16. The summed E-state index contributed by atoms with van der Waals surface area (Å²) in [7, 11) is 0. The highest BCUT2D eigenvalue weighted by molar-refractivity contribution is 6.25. The minimum Gasteiger partial charge on any atom is -0.301 e. The van der Waals surface area contributed by atoms with Gasteiger partial charge in [0.25, 0.3) is 0 Å². The molecule has 1 heterocycles. The molecule has 0 aromatic carbocycles. The van der Waals surface area contributed by atoms with E-state index in [1.807, 2.05) is 19.1 Å². The molecule has 0 saturated carbocycles. The summed E-state index contributed by atoms with van der Waals surface area (Å²) in [6, 6.07) is 0. The van der Waals surface area contributed by atoms with Crippen LogP contribution in [0.2, 0.25) is 0 Å². The van der Waals surface area contributed by atoms with E-state index in [0.717, 1.165) is 23.3 Å². The Morgan fingerprint density at radius 1 is 1.24 bits per heavy atom. The summed E-state index contributed by atoms with van der Waals surface area (Å²) in [6.07, 6.45) is 4.84. The van der Waals surface area contributed by atoms with Crippen LogP contribution in [-0.4, -0.2) is 17.0 Å². The number of allylic oxidation sites excluding steroid dienone is 5. The quantitative estimate of drug-likeness (QED) is 0.662. The van der Waals surface area contributed by atoms with Crippen molar-refractivity contribution in [3.8, 4) is 0 Å². The molecule has 17 heavy (non-hydrogen) atoms. The Labute approximate surface area is 103 Å². The zero-order valence-corrected chi connectivity index (χ0v) is 11.3. The van der Waals surface area contributed by atoms with Crippen LogP contribution < -0.4 is 0 Å². The van der Waals surface area contributed by atoms with Crippen molar-refractivity contribution < 1.29 is 0 Å². The van der Waals surface area contributed by atoms with Crippen LogP contribution in [-0.2, 0) is 0 Å². The van der Waals surface area contributed by atoms with E-state index >= 15 is 0 Å². The summed E-state index contributed by atoms with van der Waals surface area (Å²) >= 11 is 0. The van der Waals surface area contributed by atoms with Gasteiger partial charge >= 0.3 is 0 Å². The molecule has 0 fully saturated rings. The molecule has 1 N–H and O–H groups in total. The third kappa shape index (κ3) is 1.72. The Hall–Kier alpha value is -1.44. The topological polar surface area (TPSA) is 36.2 Å². The summed E-state index contributed by atoms with van der Waals surface area (Å²) in [5, 5.41) is 7.81. The van der Waals surface area contributed by atoms with Crippen LogP contribution in [0.1, 0.15) is 41.0 Å². The van der Waals surface area contributed by atoms with E-state index in [1.54, 1.807) is 0 Å². The fraction of sp³-hybridized carbons (Fsp3) is 0.467. The SMILES string of the molecule is CCC1(C)N=C2C(C)=CC(=N)C=C2C(C)=C1C. The lowest BCUT2D eigenvalue weighted by Crippen LogP contribution is -2.32. The molecular formula is C15H20N2. The van der Waals surface area contributed by atoms with Gasteiger partial charge in [-0.1, -0.05) is 6.92 Å². The summed E-state index contributed by atoms with van der Waals surface area (Å²) < 4.78 is 0. The molecule has 2 nitrogen and oxygen atoms in total. The van der Waals surface area contributed by atoms with Gasteiger partial charge in [0.05, 0.1) is 17.0 Å². The van der Waals surface area contributed by atoms with Crippen molar-refractivity contribution in [2.24, 2.45) is 4.99 Å². The Morgan fingerprint density at radius 3 is 2.47 bits per heavy atom. The second-order valence-corrected chi connectivity index (χ2v) is 5.18. The van der Waals surface area contributed by atoms with Crippen LogP contribution in [0.4, 0.5) is 0 Å². The molecule has 0 bridgehead atoms. The number of hydrogen-bond acceptors (Lipinski definition) is 2. The molecule has 0 radical (unpaired) electrons. The van der Waals surface area contributed by atoms with Gasteiger partial charge < -0.3 is 5.41 Å². The normalized spacial score (nSPS) is 28.5. The van der Waals surface area contributed by atoms with E-state index in [1.165, 1.54) is 11.1 Å². The van der Waals surface area contributed by atoms with Crippen LogP contribution in [0.15, 0.2) is 39.4 Å². The lowest BCUT2D eigenvalue weighted by molar-refractivity contribution is 0.525. The average Bonchev–Trinajstić information content (AvgIpc) is 2.28. The van der Waals surface area contributed by atoms with Gasteiger partial charge in [-0.15, -0.1) is 0 Å². The zero-order chi connectivity index (χ0) is 12.8. The van der Waals surface area contributed by atoms with Crippen molar-refractivity contribution in [3.05, 3.63) is 34.4 Å². The highest BCUT2D eigenvalue weighted by Crippen LogP contribution is 2.38. The maximum Gasteiger partial charge on any atom is 0.0796 e. The molecule has 0 amide bonds. The van der Waals surface area contributed by atoms with Gasteiger partial charge in [0.15, 0.2) is 0 Å². The number of nitrogens with zero attached hydrogens (tertiary/aromatic N) is 1. The van der Waals surface area contributed by atoms with E-state index < -0.39 is 0 Å². The van der Waals surface area contributed by atoms with Gasteiger partial charge in [-0.2, -0.15) is 0 Å². The van der Waals surface area contributed by atoms with Gasteiger partial charge in [-0.05, 0) is 63.0 Å². The van der Waals surface area contributed by atoms with Crippen molar-refractivity contribution in [2.75, 3.05) is 0 Å². The van der Waals surface area contributed by atoms with Gasteiger partial charge in [0.2, 0.25) is 0 Å². The van der Waals surface area contributed by atoms with Gasteiger partial charge in [0, 0.05) is 5.57 Å². The van der Waals surface area contributed by atoms with E-state index in [2.05, 4.69) is 27.7 Å². The fourth-order valence-corrected chi connectivity index (χ4v) is 2.49. The van der Waals surface area contributed by atoms with E-state index in [-0.39, 0.29) is 5.54 Å². The van der Waals surface area contributed by atoms with E-state index in [4.69, 9.17) is 10.4 Å². The predicted octanol–water partition coefficient (Wildman–Crippen LogP) is 3.85. The first kappa shape index (κ1) is 12.0. The van der Waals surface area contributed by atoms with Crippen molar-refractivity contribution >= 4 is 11.4 Å². The molecule has 0 aromatic heterocycles. The predicted molar refractivity (Wildman–Crippen MR) is 74.1 cm³/mol. The van der Waals surface area contributed by atoms with Gasteiger partial charge in [-0.25, -0.2) is 0 Å². The molecule has 1 aliphatic heterocycles. The molecule has 1 atom stereocenters. The Balaban J connectivity index is 2.65. The maximum atomic E-state index is 7.81. The first-order chi connectivity index (χ1) is 7.89. The smallest absolute Gasteiger partial charge is 0.0796 e. The number of fused-ring (bicyclic) bond motifs is 1. The molecule has 0 saturated heterocycles. The minimum atomic E-state index is -0.0780. The summed E-state index contributed by atoms with van der Waals surface area (Å²) in [4.78, 5) is 4.93. The van der Waals surface area contributed by atoms with E-state index in [9.17, 15) is 0 Å². The summed E-state index contributed by atoms with van der Waals surface area (Å²) in [6.45, 7) is 10.7. The van der Waals surface area contributed by atoms with Crippen molar-refractivity contribution in [3.63, 3.8) is 0 Å². The second kappa shape index (κ2) is 3.80. The second-order valence-electron chi connectivity index (χ2n) is 5.18. The van der Waals surface area contributed by atoms with Crippen LogP contribution in [0.5, 0.6) is 0 Å². The fourth-order valence-electron chi connectivity index (χ4n) is 2.49. The number of aliphatic imine (C=N–C) groups is 1. The van der Waals surface area contributed by atoms with Crippen molar-refractivity contribution in [1.82, 2.24) is 0 Å². The molecule has 2 heteroatoms. The molecule has 0 aromatic rings. The van der Waals surface area contributed by atoms with E-state index in [0.29, 0.717) is 5.71 Å². The molecule has 90 valence electrons. The number of dihydropyridines is 1. The lowest BCUT2D eigenvalue weighted by Gasteiger charge is -2.35. The Kier molecular flexibility index (Phi) is 2.69. The average molecular weight is 228 g/mol. The first-order valence-corrected chi connectivity index (χ1v) is 6.16. The third-order valence-corrected chi connectivity index (χ3v) is 4.12. The number of hydrogen-bond donors (Lipinski definition) is 1. The van der Waals surface area contributed by atoms with Gasteiger partial charge in [-0.3, -0.25) is 4.99 Å². The summed E-state index contributed by atoms with van der Waals surface area (Å²) in [5.74, 6) is 0. The zero-order valence-electron chi connectivity index (χ0n) is 11.3. The number of rotatable bonds is 1. The Morgan fingerprint density at radius 2 is 1.88 bits per heavy atom. The molecule has 1 aliphatic carbocycles. The molecule has 1 unspecified atom stereocenters. The molecule has 2 aliphatic rings. The monoisotopic (exact) mass is 228 g/mol. The largest absolute Gasteiger partial charge is 0.301 e. The van der Waals surface area contributed by atoms with Gasteiger partial charge in [0.1, 0.15) is 0 Å². The maximum absolute atomic E-state index is 7.81. The highest BCUT2D eigenvalue weighted by atomic mass is 14.9. The van der Waals surface area contributed by atoms with Crippen LogP contribution in [0.3, 0.4) is 0 Å². The molecule has 2 rings (SSSR count). The van der Waals surface area contributed by atoms with Crippen molar-refractivity contribution in [2.45, 2.75) is 46.6 Å². The standard InChI is InChI=1S/C15H20N2/c1-6-15(5)11(4)10(3)13-8-12(16)7-9(2)14(13)17-15/h7-8,16H,6H2,1-5H3. The minimum absolute atomic E-state index is 0.0780. The van der Waals surface area contributed by atoms with Crippen molar-refractivity contribution in [1.29, 1.82) is 5.41 Å². The molecular weight excluding hydrogens is 208 g/mol. The Bertz CT molecular complexity index is 515. The number of nitrogens with one attached hydrogen (secondary N) is 1. The highest BCUT2D eigenvalue weighted by Gasteiger charge is 2.33. The van der Waals surface area contributed by atoms with Crippen LogP contribution in [0, 0.1) is 5.41 Å².